The van der Waals surface area contributed by atoms with Crippen molar-refractivity contribution in [2.45, 2.75) is 32.7 Å². The molecule has 1 saturated heterocycles. The third-order valence-corrected chi connectivity index (χ3v) is 3.92. The Bertz CT molecular complexity index is 316. The molecule has 0 spiro atoms. The summed E-state index contributed by atoms with van der Waals surface area (Å²) in [7, 11) is 0. The molecular formula is C11H19N3S. The summed E-state index contributed by atoms with van der Waals surface area (Å²) in [4.78, 5) is 4.52. The van der Waals surface area contributed by atoms with Crippen LogP contribution in [0.4, 0.5) is 5.95 Å². The Labute approximate surface area is 95.7 Å². The molecule has 1 unspecified atom stereocenters. The van der Waals surface area contributed by atoms with Crippen LogP contribution < -0.4 is 5.32 Å². The molecule has 0 aromatic carbocycles. The third-order valence-electron chi connectivity index (χ3n) is 2.72. The first-order valence-corrected chi connectivity index (χ1v) is 6.84. The lowest BCUT2D eigenvalue weighted by Gasteiger charge is -2.24. The molecule has 0 aliphatic carbocycles. The van der Waals surface area contributed by atoms with Crippen LogP contribution in [0.3, 0.4) is 0 Å². The summed E-state index contributed by atoms with van der Waals surface area (Å²) >= 11 is 2.06. The van der Waals surface area contributed by atoms with Gasteiger partial charge in [0.25, 0.3) is 0 Å². The Morgan fingerprint density at radius 3 is 3.20 bits per heavy atom. The molecule has 3 nitrogen and oxygen atoms in total. The molecule has 1 aliphatic rings. The molecule has 2 rings (SSSR count). The van der Waals surface area contributed by atoms with Gasteiger partial charge in [-0.3, -0.25) is 0 Å². The van der Waals surface area contributed by atoms with Crippen molar-refractivity contribution >= 4 is 17.7 Å². The smallest absolute Gasteiger partial charge is 0.203 e. The summed E-state index contributed by atoms with van der Waals surface area (Å²) in [5, 5.41) is 3.34. The molecule has 2 heterocycles. The van der Waals surface area contributed by atoms with E-state index in [1.54, 1.807) is 0 Å². The predicted molar refractivity (Wildman–Crippen MR) is 66.7 cm³/mol. The van der Waals surface area contributed by atoms with Crippen LogP contribution in [0.15, 0.2) is 6.20 Å². The molecule has 1 fully saturated rings. The molecular weight excluding hydrogens is 206 g/mol. The molecule has 84 valence electrons. The lowest BCUT2D eigenvalue weighted by molar-refractivity contribution is 0.503. The summed E-state index contributed by atoms with van der Waals surface area (Å²) in [5.74, 6) is 3.59. The average Bonchev–Trinajstić information content (AvgIpc) is 2.62. The van der Waals surface area contributed by atoms with Crippen LogP contribution in [0.1, 0.15) is 31.5 Å². The number of rotatable bonds is 3. The second-order valence-electron chi connectivity index (χ2n) is 4.01. The zero-order valence-corrected chi connectivity index (χ0v) is 10.3. The molecule has 0 amide bonds. The van der Waals surface area contributed by atoms with Crippen LogP contribution in [0.2, 0.25) is 0 Å². The Kier molecular flexibility index (Phi) is 3.57. The quantitative estimate of drug-likeness (QED) is 0.857. The van der Waals surface area contributed by atoms with Gasteiger partial charge >= 0.3 is 0 Å². The number of thioether (sulfide) groups is 1. The molecule has 1 atom stereocenters. The number of aromatic nitrogens is 2. The fraction of sp³-hybridized carbons (Fsp3) is 0.727. The van der Waals surface area contributed by atoms with Gasteiger partial charge in [0, 0.05) is 24.5 Å². The van der Waals surface area contributed by atoms with Gasteiger partial charge in [-0.1, -0.05) is 0 Å². The number of aryl methyl sites for hydroxylation is 1. The topological polar surface area (TPSA) is 29.9 Å². The molecule has 15 heavy (non-hydrogen) atoms. The van der Waals surface area contributed by atoms with Gasteiger partial charge < -0.3 is 9.88 Å². The van der Waals surface area contributed by atoms with E-state index in [9.17, 15) is 0 Å². The lowest BCUT2D eigenvalue weighted by atomic mass is 10.2. The van der Waals surface area contributed by atoms with Gasteiger partial charge in [0.05, 0.1) is 5.69 Å². The zero-order chi connectivity index (χ0) is 10.7. The van der Waals surface area contributed by atoms with E-state index < -0.39 is 0 Å². The van der Waals surface area contributed by atoms with E-state index in [0.29, 0.717) is 6.04 Å². The maximum absolute atomic E-state index is 4.52. The normalized spacial score (nSPS) is 21.6. The van der Waals surface area contributed by atoms with E-state index in [4.69, 9.17) is 0 Å². The highest BCUT2D eigenvalue weighted by Crippen LogP contribution is 2.29. The fourth-order valence-corrected chi connectivity index (χ4v) is 3.16. The maximum atomic E-state index is 4.52. The van der Waals surface area contributed by atoms with Crippen molar-refractivity contribution in [1.29, 1.82) is 0 Å². The predicted octanol–water partition coefficient (Wildman–Crippen LogP) is 2.69. The summed E-state index contributed by atoms with van der Waals surface area (Å²) in [6.45, 7) is 5.12. The highest BCUT2D eigenvalue weighted by molar-refractivity contribution is 7.99. The number of hydrogen-bond acceptors (Lipinski definition) is 3. The number of hydrogen-bond donors (Lipinski definition) is 1. The molecule has 1 aliphatic heterocycles. The van der Waals surface area contributed by atoms with Gasteiger partial charge in [-0.15, -0.1) is 0 Å². The van der Waals surface area contributed by atoms with Crippen LogP contribution in [0.5, 0.6) is 0 Å². The number of imidazole rings is 1. The van der Waals surface area contributed by atoms with Crippen LogP contribution in [0, 0.1) is 6.92 Å². The molecule has 0 bridgehead atoms. The molecule has 0 radical (unpaired) electrons. The Morgan fingerprint density at radius 2 is 2.53 bits per heavy atom. The van der Waals surface area contributed by atoms with Crippen molar-refractivity contribution in [2.24, 2.45) is 0 Å². The summed E-state index contributed by atoms with van der Waals surface area (Å²) in [6, 6.07) is 0.638. The Morgan fingerprint density at radius 1 is 1.67 bits per heavy atom. The minimum Gasteiger partial charge on any atom is -0.356 e. The van der Waals surface area contributed by atoms with Crippen molar-refractivity contribution in [2.75, 3.05) is 23.4 Å². The Hall–Kier alpha value is -0.640. The number of nitrogens with one attached hydrogen (secondary N) is 1. The Balaban J connectivity index is 2.17. The second-order valence-corrected chi connectivity index (χ2v) is 5.16. The van der Waals surface area contributed by atoms with Crippen LogP contribution in [0.25, 0.3) is 0 Å². The number of nitrogens with zero attached hydrogens (tertiary/aromatic N) is 2. The van der Waals surface area contributed by atoms with E-state index in [0.717, 1.165) is 18.2 Å². The second kappa shape index (κ2) is 4.92. The third kappa shape index (κ3) is 2.48. The fourth-order valence-electron chi connectivity index (χ4n) is 2.03. The monoisotopic (exact) mass is 225 g/mol. The summed E-state index contributed by atoms with van der Waals surface area (Å²) in [6.07, 6.45) is 4.80. The van der Waals surface area contributed by atoms with Gasteiger partial charge in [0.2, 0.25) is 5.95 Å². The molecule has 1 N–H and O–H groups in total. The van der Waals surface area contributed by atoms with E-state index in [1.165, 1.54) is 24.3 Å². The molecule has 1 aromatic heterocycles. The van der Waals surface area contributed by atoms with Gasteiger partial charge in [0.15, 0.2) is 0 Å². The lowest BCUT2D eigenvalue weighted by Crippen LogP contribution is -2.18. The molecule has 0 saturated carbocycles. The van der Waals surface area contributed by atoms with Crippen molar-refractivity contribution in [1.82, 2.24) is 9.55 Å². The highest BCUT2D eigenvalue weighted by Gasteiger charge is 2.18. The zero-order valence-electron chi connectivity index (χ0n) is 9.49. The summed E-state index contributed by atoms with van der Waals surface area (Å²) in [5.41, 5.74) is 1.11. The minimum absolute atomic E-state index is 0.638. The standard InChI is InChI=1S/C11H19N3S/c1-3-12-11-13-9(2)7-14(11)10-5-4-6-15-8-10/h7,10H,3-6,8H2,1-2H3,(H,12,13). The van der Waals surface area contributed by atoms with Crippen molar-refractivity contribution in [3.05, 3.63) is 11.9 Å². The largest absolute Gasteiger partial charge is 0.356 e. The van der Waals surface area contributed by atoms with Crippen molar-refractivity contribution in [3.8, 4) is 0 Å². The first-order chi connectivity index (χ1) is 7.31. The highest BCUT2D eigenvalue weighted by atomic mass is 32.2. The number of anilines is 1. The van der Waals surface area contributed by atoms with E-state index >= 15 is 0 Å². The van der Waals surface area contributed by atoms with Gasteiger partial charge in [-0.05, 0) is 32.4 Å². The van der Waals surface area contributed by atoms with E-state index in [1.807, 2.05) is 0 Å². The van der Waals surface area contributed by atoms with Crippen LogP contribution in [-0.2, 0) is 0 Å². The first-order valence-electron chi connectivity index (χ1n) is 5.68. The first kappa shape index (κ1) is 10.9. The van der Waals surface area contributed by atoms with Crippen molar-refractivity contribution in [3.63, 3.8) is 0 Å². The molecule has 1 aromatic rings. The van der Waals surface area contributed by atoms with Gasteiger partial charge in [0.1, 0.15) is 0 Å². The van der Waals surface area contributed by atoms with E-state index in [2.05, 4.69) is 46.7 Å². The average molecular weight is 225 g/mol. The SMILES string of the molecule is CCNc1nc(C)cn1C1CCCSC1. The van der Waals surface area contributed by atoms with Gasteiger partial charge in [-0.25, -0.2) is 4.98 Å². The maximum Gasteiger partial charge on any atom is 0.203 e. The summed E-state index contributed by atoms with van der Waals surface area (Å²) < 4.78 is 2.32. The van der Waals surface area contributed by atoms with E-state index in [-0.39, 0.29) is 0 Å². The van der Waals surface area contributed by atoms with Crippen LogP contribution in [-0.4, -0.2) is 27.6 Å². The minimum atomic E-state index is 0.638. The van der Waals surface area contributed by atoms with Gasteiger partial charge in [-0.2, -0.15) is 11.8 Å². The van der Waals surface area contributed by atoms with Crippen molar-refractivity contribution < 1.29 is 0 Å². The van der Waals surface area contributed by atoms with Crippen LogP contribution >= 0.6 is 11.8 Å². The molecule has 4 heteroatoms.